The Balaban J connectivity index is 1.54. The summed E-state index contributed by atoms with van der Waals surface area (Å²) in [7, 11) is 1.86. The second-order valence-electron chi connectivity index (χ2n) is 6.41. The van der Waals surface area contributed by atoms with Gasteiger partial charge in [-0.1, -0.05) is 23.2 Å². The number of carbonyl (C=O) groups excluding carboxylic acids is 1. The molecule has 7 heteroatoms. The Morgan fingerprint density at radius 1 is 1.25 bits per heavy atom. The first-order valence-corrected chi connectivity index (χ1v) is 8.79. The van der Waals surface area contributed by atoms with Gasteiger partial charge in [-0.3, -0.25) is 14.4 Å². The van der Waals surface area contributed by atoms with E-state index in [2.05, 4.69) is 10.00 Å². The number of fused-ring (bicyclic) bond motifs is 1. The highest BCUT2D eigenvalue weighted by Gasteiger charge is 2.38. The van der Waals surface area contributed by atoms with Crippen LogP contribution in [-0.2, 0) is 24.8 Å². The maximum absolute atomic E-state index is 12.9. The number of hydrogen-bond donors (Lipinski definition) is 0. The number of aromatic nitrogens is 2. The molecule has 1 atom stereocenters. The van der Waals surface area contributed by atoms with Crippen molar-refractivity contribution in [3.8, 4) is 0 Å². The minimum atomic E-state index is -0.0869. The first kappa shape index (κ1) is 15.9. The average Bonchev–Trinajstić information content (AvgIpc) is 3.12. The first-order chi connectivity index (χ1) is 11.5. The number of carbonyl (C=O) groups is 1. The molecule has 0 N–H and O–H groups in total. The van der Waals surface area contributed by atoms with Crippen molar-refractivity contribution >= 4 is 34.8 Å². The smallest absolute Gasteiger partial charge is 0.244 e. The van der Waals surface area contributed by atoms with Gasteiger partial charge in [-0.2, -0.15) is 5.10 Å². The SMILES string of the molecule is Cn1cc(N2CC[C@H](N3CCc4c(Cl)cc(Cl)cc4C3)C2=O)cn1. The molecule has 0 unspecified atom stereocenters. The molecule has 0 radical (unpaired) electrons. The summed E-state index contributed by atoms with van der Waals surface area (Å²) in [6.07, 6.45) is 5.30. The summed E-state index contributed by atoms with van der Waals surface area (Å²) in [5.41, 5.74) is 3.16. The third-order valence-electron chi connectivity index (χ3n) is 4.90. The average molecular weight is 365 g/mol. The molecule has 2 aliphatic rings. The quantitative estimate of drug-likeness (QED) is 0.822. The standard InChI is InChI=1S/C17H18Cl2N4O/c1-21-10-13(8-20-21)23-5-3-16(17(23)24)22-4-2-14-11(9-22)6-12(18)7-15(14)19/h6-8,10,16H,2-5,9H2,1H3/t16-/m0/s1. The molecule has 3 heterocycles. The lowest BCUT2D eigenvalue weighted by Crippen LogP contribution is -2.44. The molecule has 1 saturated heterocycles. The minimum Gasteiger partial charge on any atom is -0.308 e. The van der Waals surface area contributed by atoms with Gasteiger partial charge in [-0.05, 0) is 36.1 Å². The van der Waals surface area contributed by atoms with E-state index in [1.807, 2.05) is 24.2 Å². The lowest BCUT2D eigenvalue weighted by Gasteiger charge is -2.33. The molecule has 1 aromatic carbocycles. The van der Waals surface area contributed by atoms with Gasteiger partial charge in [0.25, 0.3) is 0 Å². The molecule has 1 amide bonds. The fourth-order valence-electron chi connectivity index (χ4n) is 3.70. The van der Waals surface area contributed by atoms with Crippen molar-refractivity contribution in [3.63, 3.8) is 0 Å². The Labute approximate surface area is 150 Å². The fraction of sp³-hybridized carbons (Fsp3) is 0.412. The predicted octanol–water partition coefficient (Wildman–Crippen LogP) is 2.89. The lowest BCUT2D eigenvalue weighted by atomic mass is 9.98. The summed E-state index contributed by atoms with van der Waals surface area (Å²) in [4.78, 5) is 16.9. The van der Waals surface area contributed by atoms with Crippen molar-refractivity contribution in [2.45, 2.75) is 25.4 Å². The van der Waals surface area contributed by atoms with Crippen LogP contribution in [0.4, 0.5) is 5.69 Å². The molecule has 2 aromatic rings. The van der Waals surface area contributed by atoms with Gasteiger partial charge >= 0.3 is 0 Å². The Bertz CT molecular complexity index is 804. The Hall–Kier alpha value is -1.56. The fourth-order valence-corrected chi connectivity index (χ4v) is 4.33. The van der Waals surface area contributed by atoms with Gasteiger partial charge in [-0.15, -0.1) is 0 Å². The number of amides is 1. The van der Waals surface area contributed by atoms with Crippen LogP contribution in [-0.4, -0.2) is 39.7 Å². The van der Waals surface area contributed by atoms with Crippen LogP contribution >= 0.6 is 23.2 Å². The molecular formula is C17H18Cl2N4O. The van der Waals surface area contributed by atoms with Gasteiger partial charge in [0.2, 0.25) is 5.91 Å². The third-order valence-corrected chi connectivity index (χ3v) is 5.45. The van der Waals surface area contributed by atoms with E-state index in [9.17, 15) is 4.79 Å². The van der Waals surface area contributed by atoms with Crippen LogP contribution in [0.5, 0.6) is 0 Å². The van der Waals surface area contributed by atoms with Crippen LogP contribution in [0.25, 0.3) is 0 Å². The summed E-state index contributed by atoms with van der Waals surface area (Å²) >= 11 is 12.4. The molecule has 0 aliphatic carbocycles. The molecule has 0 bridgehead atoms. The zero-order valence-corrected chi connectivity index (χ0v) is 14.9. The molecule has 4 rings (SSSR count). The number of benzene rings is 1. The van der Waals surface area contributed by atoms with E-state index in [4.69, 9.17) is 23.2 Å². The van der Waals surface area contributed by atoms with E-state index in [-0.39, 0.29) is 11.9 Å². The molecule has 2 aliphatic heterocycles. The first-order valence-electron chi connectivity index (χ1n) is 8.04. The monoisotopic (exact) mass is 364 g/mol. The van der Waals surface area contributed by atoms with Crippen LogP contribution in [0, 0.1) is 0 Å². The van der Waals surface area contributed by atoms with Crippen molar-refractivity contribution in [3.05, 3.63) is 45.7 Å². The zero-order valence-electron chi connectivity index (χ0n) is 13.4. The number of hydrogen-bond acceptors (Lipinski definition) is 3. The van der Waals surface area contributed by atoms with Crippen molar-refractivity contribution in [1.82, 2.24) is 14.7 Å². The number of aryl methyl sites for hydroxylation is 1. The third kappa shape index (κ3) is 2.70. The lowest BCUT2D eigenvalue weighted by molar-refractivity contribution is -0.122. The van der Waals surface area contributed by atoms with Crippen LogP contribution in [0.2, 0.25) is 10.0 Å². The topological polar surface area (TPSA) is 41.4 Å². The van der Waals surface area contributed by atoms with E-state index < -0.39 is 0 Å². The highest BCUT2D eigenvalue weighted by atomic mass is 35.5. The van der Waals surface area contributed by atoms with Gasteiger partial charge in [0.1, 0.15) is 0 Å². The molecule has 5 nitrogen and oxygen atoms in total. The van der Waals surface area contributed by atoms with E-state index >= 15 is 0 Å². The number of anilines is 1. The largest absolute Gasteiger partial charge is 0.308 e. The van der Waals surface area contributed by atoms with Crippen LogP contribution in [0.3, 0.4) is 0 Å². The molecule has 0 saturated carbocycles. The summed E-state index contributed by atoms with van der Waals surface area (Å²) in [6, 6.07) is 3.67. The summed E-state index contributed by atoms with van der Waals surface area (Å²) < 4.78 is 1.72. The maximum atomic E-state index is 12.9. The van der Waals surface area contributed by atoms with E-state index in [1.54, 1.807) is 16.9 Å². The van der Waals surface area contributed by atoms with Crippen LogP contribution in [0.15, 0.2) is 24.5 Å². The predicted molar refractivity (Wildman–Crippen MR) is 94.5 cm³/mol. The van der Waals surface area contributed by atoms with E-state index in [0.29, 0.717) is 11.6 Å². The number of nitrogens with zero attached hydrogens (tertiary/aromatic N) is 4. The zero-order chi connectivity index (χ0) is 16.8. The van der Waals surface area contributed by atoms with Gasteiger partial charge in [0.15, 0.2) is 0 Å². The van der Waals surface area contributed by atoms with Crippen LogP contribution in [0.1, 0.15) is 17.5 Å². The molecule has 1 aromatic heterocycles. The number of halogens is 2. The summed E-state index contributed by atoms with van der Waals surface area (Å²) in [5.74, 6) is 0.152. The summed E-state index contributed by atoms with van der Waals surface area (Å²) in [6.45, 7) is 2.29. The van der Waals surface area contributed by atoms with Gasteiger partial charge < -0.3 is 4.90 Å². The van der Waals surface area contributed by atoms with Crippen molar-refractivity contribution in [1.29, 1.82) is 0 Å². The van der Waals surface area contributed by atoms with Gasteiger partial charge in [-0.25, -0.2) is 0 Å². The minimum absolute atomic E-state index is 0.0869. The van der Waals surface area contributed by atoms with Gasteiger partial charge in [0.05, 0.1) is 17.9 Å². The van der Waals surface area contributed by atoms with E-state index in [1.165, 1.54) is 0 Å². The highest BCUT2D eigenvalue weighted by molar-refractivity contribution is 6.35. The van der Waals surface area contributed by atoms with Gasteiger partial charge in [0, 0.05) is 42.9 Å². The Morgan fingerprint density at radius 2 is 2.08 bits per heavy atom. The van der Waals surface area contributed by atoms with Crippen molar-refractivity contribution < 1.29 is 4.79 Å². The normalized spacial score (nSPS) is 21.4. The molecule has 24 heavy (non-hydrogen) atoms. The maximum Gasteiger partial charge on any atom is 0.244 e. The Morgan fingerprint density at radius 3 is 2.83 bits per heavy atom. The van der Waals surface area contributed by atoms with Crippen molar-refractivity contribution in [2.24, 2.45) is 7.05 Å². The highest BCUT2D eigenvalue weighted by Crippen LogP contribution is 2.32. The summed E-state index contributed by atoms with van der Waals surface area (Å²) in [5, 5.41) is 5.54. The van der Waals surface area contributed by atoms with E-state index in [0.717, 1.165) is 47.8 Å². The Kier molecular flexibility index (Phi) is 4.03. The van der Waals surface area contributed by atoms with Crippen molar-refractivity contribution in [2.75, 3.05) is 18.0 Å². The molecule has 0 spiro atoms. The number of rotatable bonds is 2. The molecular weight excluding hydrogens is 347 g/mol. The second-order valence-corrected chi connectivity index (χ2v) is 7.26. The molecule has 1 fully saturated rings. The molecule has 126 valence electrons. The van der Waals surface area contributed by atoms with Crippen LogP contribution < -0.4 is 4.90 Å². The second kappa shape index (κ2) is 6.06.